The maximum absolute atomic E-state index is 11.1. The third-order valence-electron chi connectivity index (χ3n) is 3.07. The maximum Gasteiger partial charge on any atom is 0.335 e. The summed E-state index contributed by atoms with van der Waals surface area (Å²) >= 11 is 0. The van der Waals surface area contributed by atoms with Crippen molar-refractivity contribution in [1.29, 1.82) is 0 Å². The number of rotatable bonds is 4. The summed E-state index contributed by atoms with van der Waals surface area (Å²) in [6.45, 7) is 7.05. The zero-order valence-electron chi connectivity index (χ0n) is 10.6. The maximum atomic E-state index is 11.1. The molecule has 2 N–H and O–H groups in total. The summed E-state index contributed by atoms with van der Waals surface area (Å²) in [5.74, 6) is -2.22. The van der Waals surface area contributed by atoms with Crippen molar-refractivity contribution in [2.24, 2.45) is 0 Å². The van der Waals surface area contributed by atoms with Crippen LogP contribution in [0.4, 0.5) is 0 Å². The molecule has 2 aromatic carbocycles. The van der Waals surface area contributed by atoms with Gasteiger partial charge in [-0.05, 0) is 28.0 Å². The summed E-state index contributed by atoms with van der Waals surface area (Å²) < 4.78 is 0. The average Bonchev–Trinajstić information content (AvgIpc) is 2.44. The van der Waals surface area contributed by atoms with E-state index >= 15 is 0 Å². The van der Waals surface area contributed by atoms with E-state index in [1.807, 2.05) is 6.07 Å². The number of fused-ring (bicyclic) bond motifs is 1. The Labute approximate surface area is 115 Å². The van der Waals surface area contributed by atoms with Crippen molar-refractivity contribution < 1.29 is 19.8 Å². The van der Waals surface area contributed by atoms with Gasteiger partial charge in [0.2, 0.25) is 0 Å². The van der Waals surface area contributed by atoms with Crippen LogP contribution in [0.3, 0.4) is 0 Å². The smallest absolute Gasteiger partial charge is 0.335 e. The summed E-state index contributed by atoms with van der Waals surface area (Å²) in [7, 11) is 0. The molecule has 0 saturated heterocycles. The van der Waals surface area contributed by atoms with Gasteiger partial charge < -0.3 is 10.2 Å². The minimum atomic E-state index is -1.11. The van der Waals surface area contributed by atoms with E-state index in [9.17, 15) is 9.59 Å². The lowest BCUT2D eigenvalue weighted by molar-refractivity contribution is -0.131. The van der Waals surface area contributed by atoms with Crippen molar-refractivity contribution in [3.8, 4) is 0 Å². The monoisotopic (exact) mass is 268 g/mol. The third kappa shape index (κ3) is 2.31. The highest BCUT2D eigenvalue weighted by molar-refractivity contribution is 6.19. The van der Waals surface area contributed by atoms with Gasteiger partial charge in [-0.3, -0.25) is 0 Å². The Balaban J connectivity index is 2.69. The minimum Gasteiger partial charge on any atom is -0.478 e. The van der Waals surface area contributed by atoms with Crippen molar-refractivity contribution in [1.82, 2.24) is 0 Å². The molecule has 2 aromatic rings. The number of carbonyl (C=O) groups is 2. The summed E-state index contributed by atoms with van der Waals surface area (Å²) in [5.41, 5.74) is 0.835. The minimum absolute atomic E-state index is 0.0336. The van der Waals surface area contributed by atoms with E-state index in [2.05, 4.69) is 13.2 Å². The van der Waals surface area contributed by atoms with Gasteiger partial charge in [-0.15, -0.1) is 0 Å². The second-order valence-electron chi connectivity index (χ2n) is 4.31. The van der Waals surface area contributed by atoms with Gasteiger partial charge in [0.25, 0.3) is 0 Å². The number of carboxylic acids is 2. The molecule has 0 spiro atoms. The third-order valence-corrected chi connectivity index (χ3v) is 3.07. The van der Waals surface area contributed by atoms with Gasteiger partial charge in [-0.2, -0.15) is 0 Å². The Morgan fingerprint density at radius 2 is 1.55 bits per heavy atom. The van der Waals surface area contributed by atoms with Gasteiger partial charge in [-0.25, -0.2) is 9.59 Å². The summed E-state index contributed by atoms with van der Waals surface area (Å²) in [5, 5.41) is 19.5. The van der Waals surface area contributed by atoms with E-state index in [-0.39, 0.29) is 11.1 Å². The lowest BCUT2D eigenvalue weighted by Crippen LogP contribution is -2.00. The number of benzene rings is 2. The lowest BCUT2D eigenvalue weighted by atomic mass is 9.95. The molecule has 0 aliphatic rings. The SMILES string of the molecule is C=C(C(=O)O)c1ccc2cccc(C(=C)C(=O)O)c2c1. The molecule has 0 aromatic heterocycles. The molecule has 0 saturated carbocycles. The first kappa shape index (κ1) is 13.5. The van der Waals surface area contributed by atoms with E-state index in [1.165, 1.54) is 0 Å². The van der Waals surface area contributed by atoms with Crippen LogP contribution in [0.5, 0.6) is 0 Å². The van der Waals surface area contributed by atoms with Crippen LogP contribution < -0.4 is 0 Å². The molecular weight excluding hydrogens is 256 g/mol. The van der Waals surface area contributed by atoms with Crippen LogP contribution in [0.25, 0.3) is 21.9 Å². The number of hydrogen-bond donors (Lipinski definition) is 2. The lowest BCUT2D eigenvalue weighted by Gasteiger charge is -2.09. The molecule has 0 bridgehead atoms. The van der Waals surface area contributed by atoms with Crippen LogP contribution in [-0.4, -0.2) is 22.2 Å². The molecule has 0 radical (unpaired) electrons. The zero-order chi connectivity index (χ0) is 14.9. The molecule has 2 rings (SSSR count). The molecule has 0 atom stereocenters. The molecule has 4 heteroatoms. The van der Waals surface area contributed by atoms with E-state index < -0.39 is 11.9 Å². The normalized spacial score (nSPS) is 10.2. The van der Waals surface area contributed by atoms with Crippen molar-refractivity contribution in [3.63, 3.8) is 0 Å². The van der Waals surface area contributed by atoms with Crippen molar-refractivity contribution in [3.05, 3.63) is 60.7 Å². The Bertz CT molecular complexity index is 756. The Hall–Kier alpha value is -2.88. The quantitative estimate of drug-likeness (QED) is 0.836. The van der Waals surface area contributed by atoms with Crippen LogP contribution in [0.1, 0.15) is 11.1 Å². The molecule has 20 heavy (non-hydrogen) atoms. The second kappa shape index (κ2) is 5.01. The molecule has 0 unspecified atom stereocenters. The largest absolute Gasteiger partial charge is 0.478 e. The predicted octanol–water partition coefficient (Wildman–Crippen LogP) is 3.04. The first-order valence-electron chi connectivity index (χ1n) is 5.79. The zero-order valence-corrected chi connectivity index (χ0v) is 10.6. The molecule has 0 amide bonds. The molecule has 0 aliphatic carbocycles. The molecule has 0 fully saturated rings. The fourth-order valence-corrected chi connectivity index (χ4v) is 1.96. The molecule has 4 nitrogen and oxygen atoms in total. The molecular formula is C16H12O4. The summed E-state index contributed by atoms with van der Waals surface area (Å²) in [4.78, 5) is 22.0. The number of carboxylic acid groups (broad SMARTS) is 2. The predicted molar refractivity (Wildman–Crippen MR) is 77.3 cm³/mol. The van der Waals surface area contributed by atoms with Gasteiger partial charge in [0.1, 0.15) is 0 Å². The van der Waals surface area contributed by atoms with Gasteiger partial charge in [-0.1, -0.05) is 43.5 Å². The van der Waals surface area contributed by atoms with Crippen molar-refractivity contribution in [2.75, 3.05) is 0 Å². The van der Waals surface area contributed by atoms with Crippen LogP contribution >= 0.6 is 0 Å². The highest BCUT2D eigenvalue weighted by atomic mass is 16.4. The van der Waals surface area contributed by atoms with Crippen LogP contribution in [0.2, 0.25) is 0 Å². The van der Waals surface area contributed by atoms with Crippen LogP contribution in [0, 0.1) is 0 Å². The number of aliphatic carboxylic acids is 2. The molecule has 0 aliphatic heterocycles. The standard InChI is InChI=1S/C16H12O4/c1-9(15(17)18)12-7-6-11-4-3-5-13(14(11)8-12)10(2)16(19)20/h3-8H,1-2H2,(H,17,18)(H,19,20). The van der Waals surface area contributed by atoms with E-state index in [0.29, 0.717) is 16.5 Å². The van der Waals surface area contributed by atoms with Crippen LogP contribution in [-0.2, 0) is 9.59 Å². The van der Waals surface area contributed by atoms with Gasteiger partial charge >= 0.3 is 11.9 Å². The topological polar surface area (TPSA) is 74.6 Å². The molecule has 100 valence electrons. The average molecular weight is 268 g/mol. The van der Waals surface area contributed by atoms with E-state index in [0.717, 1.165) is 5.39 Å². The highest BCUT2D eigenvalue weighted by Crippen LogP contribution is 2.27. The second-order valence-corrected chi connectivity index (χ2v) is 4.31. The van der Waals surface area contributed by atoms with Crippen molar-refractivity contribution in [2.45, 2.75) is 0 Å². The summed E-state index contributed by atoms with van der Waals surface area (Å²) in [6.07, 6.45) is 0. The fraction of sp³-hybridized carbons (Fsp3) is 0. The Morgan fingerprint density at radius 3 is 2.15 bits per heavy atom. The van der Waals surface area contributed by atoms with Crippen molar-refractivity contribution >= 4 is 33.9 Å². The Morgan fingerprint density at radius 1 is 0.900 bits per heavy atom. The van der Waals surface area contributed by atoms with Gasteiger partial charge in [0.15, 0.2) is 0 Å². The van der Waals surface area contributed by atoms with Gasteiger partial charge in [0, 0.05) is 0 Å². The first-order chi connectivity index (χ1) is 9.41. The van der Waals surface area contributed by atoms with Crippen LogP contribution in [0.15, 0.2) is 49.6 Å². The first-order valence-corrected chi connectivity index (χ1v) is 5.79. The summed E-state index contributed by atoms with van der Waals surface area (Å²) in [6, 6.07) is 10.2. The van der Waals surface area contributed by atoms with Gasteiger partial charge in [0.05, 0.1) is 11.1 Å². The molecule has 0 heterocycles. The Kier molecular flexibility index (Phi) is 3.39. The highest BCUT2D eigenvalue weighted by Gasteiger charge is 2.13. The van der Waals surface area contributed by atoms with E-state index in [4.69, 9.17) is 10.2 Å². The number of hydrogen-bond acceptors (Lipinski definition) is 2. The fourth-order valence-electron chi connectivity index (χ4n) is 1.96. The van der Waals surface area contributed by atoms with E-state index in [1.54, 1.807) is 30.3 Å².